The smallest absolute Gasteiger partial charge is 0.138 e. The molecule has 18 heavy (non-hydrogen) atoms. The number of nitrogen functional groups attached to an aromatic ring is 1. The molecule has 0 amide bonds. The number of hydrogen-bond acceptors (Lipinski definition) is 4. The van der Waals surface area contributed by atoms with E-state index in [2.05, 4.69) is 11.8 Å². The average Bonchev–Trinajstić information content (AvgIpc) is 2.38. The lowest BCUT2D eigenvalue weighted by atomic mass is 10.3. The molecule has 1 heterocycles. The van der Waals surface area contributed by atoms with E-state index in [0.717, 1.165) is 26.2 Å². The van der Waals surface area contributed by atoms with E-state index in [9.17, 15) is 0 Å². The van der Waals surface area contributed by atoms with Crippen LogP contribution in [0.25, 0.3) is 0 Å². The zero-order valence-electron chi connectivity index (χ0n) is 10.6. The largest absolute Gasteiger partial charge is 0.489 e. The second-order valence-electron chi connectivity index (χ2n) is 4.39. The number of nitrogens with two attached hydrogens (primary N) is 1. The van der Waals surface area contributed by atoms with Gasteiger partial charge in [-0.05, 0) is 24.7 Å². The number of morpholine rings is 1. The van der Waals surface area contributed by atoms with Gasteiger partial charge in [-0.15, -0.1) is 0 Å². The minimum atomic E-state index is 0.104. The van der Waals surface area contributed by atoms with Gasteiger partial charge in [-0.1, -0.05) is 18.5 Å². The lowest BCUT2D eigenvalue weighted by molar-refractivity contribution is -0.0463. The molecule has 0 bridgehead atoms. The van der Waals surface area contributed by atoms with Crippen LogP contribution < -0.4 is 10.5 Å². The van der Waals surface area contributed by atoms with Crippen molar-refractivity contribution in [1.82, 2.24) is 4.90 Å². The van der Waals surface area contributed by atoms with Gasteiger partial charge in [0, 0.05) is 18.8 Å². The number of ether oxygens (including phenoxy) is 2. The van der Waals surface area contributed by atoms with E-state index >= 15 is 0 Å². The van der Waals surface area contributed by atoms with E-state index in [1.165, 1.54) is 0 Å². The Morgan fingerprint density at radius 1 is 1.56 bits per heavy atom. The minimum absolute atomic E-state index is 0.104. The first-order chi connectivity index (χ1) is 8.69. The summed E-state index contributed by atoms with van der Waals surface area (Å²) in [7, 11) is 0. The van der Waals surface area contributed by atoms with Crippen LogP contribution in [0, 0.1) is 0 Å². The van der Waals surface area contributed by atoms with Crippen molar-refractivity contribution in [3.63, 3.8) is 0 Å². The van der Waals surface area contributed by atoms with E-state index in [1.54, 1.807) is 18.2 Å². The topological polar surface area (TPSA) is 47.7 Å². The van der Waals surface area contributed by atoms with Gasteiger partial charge in [0.25, 0.3) is 0 Å². The van der Waals surface area contributed by atoms with Crippen LogP contribution in [0.15, 0.2) is 18.2 Å². The van der Waals surface area contributed by atoms with Gasteiger partial charge in [0.1, 0.15) is 18.5 Å². The summed E-state index contributed by atoms with van der Waals surface area (Å²) in [5.41, 5.74) is 6.27. The van der Waals surface area contributed by atoms with E-state index in [4.69, 9.17) is 26.8 Å². The van der Waals surface area contributed by atoms with Crippen molar-refractivity contribution in [2.24, 2.45) is 0 Å². The highest BCUT2D eigenvalue weighted by molar-refractivity contribution is 6.32. The summed E-state index contributed by atoms with van der Waals surface area (Å²) in [5.74, 6) is 0.656. The molecule has 5 heteroatoms. The van der Waals surface area contributed by atoms with E-state index in [-0.39, 0.29) is 6.10 Å². The molecule has 1 aromatic rings. The number of rotatable bonds is 4. The molecule has 100 valence electrons. The minimum Gasteiger partial charge on any atom is -0.489 e. The molecule has 2 rings (SSSR count). The van der Waals surface area contributed by atoms with Crippen LogP contribution in [0.1, 0.15) is 6.92 Å². The molecule has 1 saturated heterocycles. The van der Waals surface area contributed by atoms with Gasteiger partial charge < -0.3 is 15.2 Å². The zero-order chi connectivity index (χ0) is 13.0. The first-order valence-corrected chi connectivity index (χ1v) is 6.58. The van der Waals surface area contributed by atoms with Crippen molar-refractivity contribution in [3.05, 3.63) is 23.2 Å². The summed E-state index contributed by atoms with van der Waals surface area (Å²) < 4.78 is 11.3. The quantitative estimate of drug-likeness (QED) is 0.851. The Bertz CT molecular complexity index is 401. The molecule has 1 aromatic carbocycles. The molecule has 0 aromatic heterocycles. The summed E-state index contributed by atoms with van der Waals surface area (Å²) in [6.45, 7) is 6.37. The van der Waals surface area contributed by atoms with E-state index in [1.807, 2.05) is 0 Å². The van der Waals surface area contributed by atoms with Gasteiger partial charge in [-0.3, -0.25) is 4.90 Å². The second-order valence-corrected chi connectivity index (χ2v) is 4.79. The number of anilines is 1. The van der Waals surface area contributed by atoms with Gasteiger partial charge in [-0.2, -0.15) is 0 Å². The van der Waals surface area contributed by atoms with Crippen molar-refractivity contribution >= 4 is 17.3 Å². The maximum Gasteiger partial charge on any atom is 0.138 e. The first kappa shape index (κ1) is 13.5. The van der Waals surface area contributed by atoms with Crippen LogP contribution in [-0.2, 0) is 4.74 Å². The van der Waals surface area contributed by atoms with Gasteiger partial charge in [-0.25, -0.2) is 0 Å². The van der Waals surface area contributed by atoms with Crippen LogP contribution >= 0.6 is 11.6 Å². The Hall–Kier alpha value is -0.970. The molecule has 1 unspecified atom stereocenters. The van der Waals surface area contributed by atoms with E-state index in [0.29, 0.717) is 23.1 Å². The summed E-state index contributed by atoms with van der Waals surface area (Å²) in [4.78, 5) is 2.35. The molecular formula is C13H19ClN2O2. The molecule has 2 N–H and O–H groups in total. The third-order valence-corrected chi connectivity index (χ3v) is 3.35. The molecule has 1 atom stereocenters. The van der Waals surface area contributed by atoms with Gasteiger partial charge in [0.2, 0.25) is 0 Å². The highest BCUT2D eigenvalue weighted by Crippen LogP contribution is 2.26. The summed E-state index contributed by atoms with van der Waals surface area (Å²) in [5, 5.41) is 0.540. The maximum atomic E-state index is 6.05. The molecule has 1 aliphatic rings. The van der Waals surface area contributed by atoms with Crippen LogP contribution in [0.5, 0.6) is 5.75 Å². The number of halogens is 1. The monoisotopic (exact) mass is 270 g/mol. The maximum absolute atomic E-state index is 6.05. The summed E-state index contributed by atoms with van der Waals surface area (Å²) >= 11 is 6.05. The Balaban J connectivity index is 1.87. The van der Waals surface area contributed by atoms with Crippen LogP contribution in [0.2, 0.25) is 5.02 Å². The molecule has 0 aliphatic carbocycles. The fourth-order valence-electron chi connectivity index (χ4n) is 1.99. The number of benzene rings is 1. The van der Waals surface area contributed by atoms with E-state index < -0.39 is 0 Å². The third kappa shape index (κ3) is 3.51. The zero-order valence-corrected chi connectivity index (χ0v) is 11.3. The van der Waals surface area contributed by atoms with Crippen molar-refractivity contribution in [2.45, 2.75) is 13.0 Å². The Labute approximate surface area is 113 Å². The molecule has 0 radical (unpaired) electrons. The van der Waals surface area contributed by atoms with Gasteiger partial charge >= 0.3 is 0 Å². The molecule has 4 nitrogen and oxygen atoms in total. The Morgan fingerprint density at radius 3 is 3.11 bits per heavy atom. The van der Waals surface area contributed by atoms with Crippen molar-refractivity contribution in [3.8, 4) is 5.75 Å². The summed E-state index contributed by atoms with van der Waals surface area (Å²) in [6.07, 6.45) is 0.104. The molecular weight excluding hydrogens is 252 g/mol. The number of likely N-dealkylation sites (N-methyl/N-ethyl adjacent to an activating group) is 1. The van der Waals surface area contributed by atoms with Crippen LogP contribution in [0.3, 0.4) is 0 Å². The van der Waals surface area contributed by atoms with Crippen molar-refractivity contribution < 1.29 is 9.47 Å². The Kier molecular flexibility index (Phi) is 4.69. The fraction of sp³-hybridized carbons (Fsp3) is 0.538. The third-order valence-electron chi connectivity index (χ3n) is 3.05. The van der Waals surface area contributed by atoms with Gasteiger partial charge in [0.05, 0.1) is 11.6 Å². The van der Waals surface area contributed by atoms with Crippen LogP contribution in [-0.4, -0.2) is 43.9 Å². The predicted octanol–water partition coefficient (Wildman–Crippen LogP) is 2.02. The van der Waals surface area contributed by atoms with Crippen LogP contribution in [0.4, 0.5) is 5.69 Å². The average molecular weight is 271 g/mol. The normalized spacial score (nSPS) is 20.9. The van der Waals surface area contributed by atoms with Crippen molar-refractivity contribution in [1.29, 1.82) is 0 Å². The Morgan fingerprint density at radius 2 is 2.39 bits per heavy atom. The SMILES string of the molecule is CCN1CCOC(COc2ccc(N)cc2Cl)C1. The fourth-order valence-corrected chi connectivity index (χ4v) is 2.23. The standard InChI is InChI=1S/C13H19ClN2O2/c1-2-16-5-6-17-11(8-16)9-18-13-4-3-10(15)7-12(13)14/h3-4,7,11H,2,5-6,8-9,15H2,1H3. The molecule has 0 saturated carbocycles. The lowest BCUT2D eigenvalue weighted by Crippen LogP contribution is -2.44. The molecule has 1 aliphatic heterocycles. The molecule has 0 spiro atoms. The highest BCUT2D eigenvalue weighted by Gasteiger charge is 2.20. The lowest BCUT2D eigenvalue weighted by Gasteiger charge is -2.31. The predicted molar refractivity (Wildman–Crippen MR) is 73.2 cm³/mol. The van der Waals surface area contributed by atoms with Crippen molar-refractivity contribution in [2.75, 3.05) is 38.6 Å². The highest BCUT2D eigenvalue weighted by atomic mass is 35.5. The van der Waals surface area contributed by atoms with Gasteiger partial charge in [0.15, 0.2) is 0 Å². The second kappa shape index (κ2) is 6.27. The number of hydrogen-bond donors (Lipinski definition) is 1. The summed E-state index contributed by atoms with van der Waals surface area (Å²) in [6, 6.07) is 5.26. The molecule has 1 fully saturated rings. The number of nitrogens with zero attached hydrogens (tertiary/aromatic N) is 1. The first-order valence-electron chi connectivity index (χ1n) is 6.21.